The van der Waals surface area contributed by atoms with Gasteiger partial charge in [0.15, 0.2) is 0 Å². The summed E-state index contributed by atoms with van der Waals surface area (Å²) >= 11 is 6.86. The number of aryl methyl sites for hydroxylation is 1. The summed E-state index contributed by atoms with van der Waals surface area (Å²) in [5.74, 6) is -0.522. The molecule has 2 amide bonds. The summed E-state index contributed by atoms with van der Waals surface area (Å²) in [5.41, 5.74) is 2.64. The molecule has 1 aliphatic heterocycles. The van der Waals surface area contributed by atoms with Gasteiger partial charge in [-0.2, -0.15) is 0 Å². The molecule has 24 heavy (non-hydrogen) atoms. The van der Waals surface area contributed by atoms with Crippen molar-refractivity contribution in [1.82, 2.24) is 0 Å². The van der Waals surface area contributed by atoms with Gasteiger partial charge in [0.25, 0.3) is 0 Å². The Hall–Kier alpha value is -1.66. The SMILES string of the molecule is Cc1ccc(NC(=O)C2CC(=O)N(c3cccc(Br)c3)C2)c(Br)c1. The highest BCUT2D eigenvalue weighted by Gasteiger charge is 2.35. The van der Waals surface area contributed by atoms with Crippen LogP contribution in [-0.2, 0) is 9.59 Å². The molecule has 0 aliphatic carbocycles. The molecule has 0 bridgehead atoms. The first-order valence-corrected chi connectivity index (χ1v) is 9.15. The van der Waals surface area contributed by atoms with Gasteiger partial charge in [0.2, 0.25) is 11.8 Å². The number of nitrogens with zero attached hydrogens (tertiary/aromatic N) is 1. The minimum Gasteiger partial charge on any atom is -0.325 e. The van der Waals surface area contributed by atoms with Gasteiger partial charge in [-0.3, -0.25) is 9.59 Å². The van der Waals surface area contributed by atoms with E-state index in [2.05, 4.69) is 37.2 Å². The predicted molar refractivity (Wildman–Crippen MR) is 102 cm³/mol. The van der Waals surface area contributed by atoms with Gasteiger partial charge >= 0.3 is 0 Å². The van der Waals surface area contributed by atoms with Gasteiger partial charge < -0.3 is 10.2 Å². The fraction of sp³-hybridized carbons (Fsp3) is 0.222. The van der Waals surface area contributed by atoms with E-state index in [4.69, 9.17) is 0 Å². The second kappa shape index (κ2) is 7.07. The average Bonchev–Trinajstić information content (AvgIpc) is 2.92. The van der Waals surface area contributed by atoms with Crippen LogP contribution in [-0.4, -0.2) is 18.4 Å². The van der Waals surface area contributed by atoms with Crippen LogP contribution >= 0.6 is 31.9 Å². The molecule has 4 nitrogen and oxygen atoms in total. The number of anilines is 2. The van der Waals surface area contributed by atoms with Crippen molar-refractivity contribution >= 4 is 55.0 Å². The van der Waals surface area contributed by atoms with Crippen LogP contribution < -0.4 is 10.2 Å². The first-order valence-electron chi connectivity index (χ1n) is 7.57. The van der Waals surface area contributed by atoms with Gasteiger partial charge in [0.1, 0.15) is 0 Å². The first-order chi connectivity index (χ1) is 11.4. The zero-order chi connectivity index (χ0) is 17.3. The molecule has 3 rings (SSSR count). The quantitative estimate of drug-likeness (QED) is 0.746. The van der Waals surface area contributed by atoms with Gasteiger partial charge in [0, 0.05) is 27.6 Å². The minimum atomic E-state index is -0.357. The second-order valence-corrected chi connectivity index (χ2v) is 7.63. The Morgan fingerprint density at radius 3 is 2.71 bits per heavy atom. The number of nitrogens with one attached hydrogen (secondary N) is 1. The van der Waals surface area contributed by atoms with E-state index in [1.54, 1.807) is 4.90 Å². The molecule has 1 atom stereocenters. The number of halogens is 2. The van der Waals surface area contributed by atoms with Crippen molar-refractivity contribution in [2.75, 3.05) is 16.8 Å². The van der Waals surface area contributed by atoms with E-state index in [1.165, 1.54) is 0 Å². The maximum absolute atomic E-state index is 12.5. The summed E-state index contributed by atoms with van der Waals surface area (Å²) < 4.78 is 1.74. The molecule has 2 aromatic rings. The molecule has 1 heterocycles. The van der Waals surface area contributed by atoms with Gasteiger partial charge in [0.05, 0.1) is 11.6 Å². The summed E-state index contributed by atoms with van der Waals surface area (Å²) in [5, 5.41) is 2.91. The van der Waals surface area contributed by atoms with Crippen molar-refractivity contribution in [3.63, 3.8) is 0 Å². The number of benzene rings is 2. The summed E-state index contributed by atoms with van der Waals surface area (Å²) in [6.07, 6.45) is 0.224. The van der Waals surface area contributed by atoms with E-state index in [0.29, 0.717) is 6.54 Å². The first kappa shape index (κ1) is 17.2. The Bertz CT molecular complexity index is 807. The second-order valence-electron chi connectivity index (χ2n) is 5.86. The van der Waals surface area contributed by atoms with Crippen molar-refractivity contribution < 1.29 is 9.59 Å². The van der Waals surface area contributed by atoms with Crippen LogP contribution in [0.15, 0.2) is 51.4 Å². The lowest BCUT2D eigenvalue weighted by atomic mass is 10.1. The lowest BCUT2D eigenvalue weighted by Gasteiger charge is -2.17. The van der Waals surface area contributed by atoms with E-state index in [9.17, 15) is 9.59 Å². The Kier molecular flexibility index (Phi) is 5.06. The Morgan fingerprint density at radius 1 is 1.21 bits per heavy atom. The molecule has 1 fully saturated rings. The lowest BCUT2D eigenvalue weighted by Crippen LogP contribution is -2.28. The third-order valence-electron chi connectivity index (χ3n) is 4.00. The topological polar surface area (TPSA) is 49.4 Å². The Labute approximate surface area is 157 Å². The molecule has 2 aromatic carbocycles. The number of amides is 2. The smallest absolute Gasteiger partial charge is 0.229 e. The summed E-state index contributed by atoms with van der Waals surface area (Å²) in [7, 11) is 0. The molecular weight excluding hydrogens is 436 g/mol. The molecule has 0 saturated carbocycles. The van der Waals surface area contributed by atoms with Gasteiger partial charge in [-0.15, -0.1) is 0 Å². The minimum absolute atomic E-state index is 0.0313. The highest BCUT2D eigenvalue weighted by atomic mass is 79.9. The van der Waals surface area contributed by atoms with Crippen LogP contribution in [0.1, 0.15) is 12.0 Å². The van der Waals surface area contributed by atoms with E-state index >= 15 is 0 Å². The maximum Gasteiger partial charge on any atom is 0.229 e. The summed E-state index contributed by atoms with van der Waals surface area (Å²) in [6.45, 7) is 2.38. The van der Waals surface area contributed by atoms with Gasteiger partial charge in [-0.05, 0) is 58.7 Å². The molecule has 1 unspecified atom stereocenters. The zero-order valence-corrected chi connectivity index (χ0v) is 16.2. The van der Waals surface area contributed by atoms with Crippen molar-refractivity contribution in [2.45, 2.75) is 13.3 Å². The third-order valence-corrected chi connectivity index (χ3v) is 5.15. The molecular formula is C18H16Br2N2O2. The van der Waals surface area contributed by atoms with Gasteiger partial charge in [-0.25, -0.2) is 0 Å². The lowest BCUT2D eigenvalue weighted by molar-refractivity contribution is -0.122. The molecule has 1 saturated heterocycles. The zero-order valence-electron chi connectivity index (χ0n) is 13.1. The maximum atomic E-state index is 12.5. The Morgan fingerprint density at radius 2 is 2.00 bits per heavy atom. The van der Waals surface area contributed by atoms with Crippen molar-refractivity contribution in [2.24, 2.45) is 5.92 Å². The Balaban J connectivity index is 1.72. The van der Waals surface area contributed by atoms with Crippen molar-refractivity contribution in [3.8, 4) is 0 Å². The standard InChI is InChI=1S/C18H16Br2N2O2/c1-11-5-6-16(15(20)7-11)21-18(24)12-8-17(23)22(10-12)14-4-2-3-13(19)9-14/h2-7,9,12H,8,10H2,1H3,(H,21,24). The highest BCUT2D eigenvalue weighted by molar-refractivity contribution is 9.10. The number of hydrogen-bond donors (Lipinski definition) is 1. The van der Waals surface area contributed by atoms with E-state index in [1.807, 2.05) is 49.4 Å². The molecule has 0 radical (unpaired) electrons. The van der Waals surface area contributed by atoms with E-state index < -0.39 is 0 Å². The summed E-state index contributed by atoms with van der Waals surface area (Å²) in [6, 6.07) is 13.3. The normalized spacial score (nSPS) is 17.2. The predicted octanol–water partition coefficient (Wildman–Crippen LogP) is 4.51. The molecule has 0 spiro atoms. The fourth-order valence-corrected chi connectivity index (χ4v) is 3.71. The van der Waals surface area contributed by atoms with Crippen LogP contribution in [0, 0.1) is 12.8 Å². The number of carbonyl (C=O) groups excluding carboxylic acids is 2. The van der Waals surface area contributed by atoms with Crippen molar-refractivity contribution in [3.05, 3.63) is 57.0 Å². The third kappa shape index (κ3) is 3.70. The van der Waals surface area contributed by atoms with Crippen molar-refractivity contribution in [1.29, 1.82) is 0 Å². The van der Waals surface area contributed by atoms with Crippen LogP contribution in [0.25, 0.3) is 0 Å². The number of hydrogen-bond acceptors (Lipinski definition) is 2. The van der Waals surface area contributed by atoms with E-state index in [-0.39, 0.29) is 24.2 Å². The molecule has 124 valence electrons. The van der Waals surface area contributed by atoms with Crippen LogP contribution in [0.5, 0.6) is 0 Å². The number of rotatable bonds is 3. The molecule has 1 N–H and O–H groups in total. The monoisotopic (exact) mass is 450 g/mol. The average molecular weight is 452 g/mol. The fourth-order valence-electron chi connectivity index (χ4n) is 2.73. The molecule has 0 aromatic heterocycles. The largest absolute Gasteiger partial charge is 0.325 e. The molecule has 6 heteroatoms. The molecule has 1 aliphatic rings. The van der Waals surface area contributed by atoms with Gasteiger partial charge in [-0.1, -0.05) is 28.1 Å². The summed E-state index contributed by atoms with van der Waals surface area (Å²) in [4.78, 5) is 26.5. The van der Waals surface area contributed by atoms with Crippen LogP contribution in [0.4, 0.5) is 11.4 Å². The van der Waals surface area contributed by atoms with E-state index in [0.717, 1.165) is 25.9 Å². The van der Waals surface area contributed by atoms with Crippen LogP contribution in [0.2, 0.25) is 0 Å². The number of carbonyl (C=O) groups is 2. The highest BCUT2D eigenvalue weighted by Crippen LogP contribution is 2.29. The van der Waals surface area contributed by atoms with Crippen LogP contribution in [0.3, 0.4) is 0 Å².